The Bertz CT molecular complexity index is 1490. The maximum Gasteiger partial charge on any atom is 0.212 e. The number of fused-ring (bicyclic) bond motifs is 3. The van der Waals surface area contributed by atoms with E-state index in [1.54, 1.807) is 33.9 Å². The second kappa shape index (κ2) is 6.48. The van der Waals surface area contributed by atoms with Crippen LogP contribution in [0.4, 0.5) is 0 Å². The van der Waals surface area contributed by atoms with Gasteiger partial charge >= 0.3 is 0 Å². The van der Waals surface area contributed by atoms with Crippen LogP contribution in [-0.4, -0.2) is 0 Å². The first-order chi connectivity index (χ1) is 16.0. The third kappa shape index (κ3) is 3.22. The monoisotopic (exact) mass is 379 g/mol. The van der Waals surface area contributed by atoms with E-state index in [0.29, 0.717) is 16.8 Å². The Kier molecular flexibility index (Phi) is 2.79. The number of nitrogens with zero attached hydrogens (tertiary/aromatic N) is 1. The molecule has 144 valence electrons. The second-order valence-corrected chi connectivity index (χ2v) is 8.48. The van der Waals surface area contributed by atoms with E-state index in [1.807, 2.05) is 38.1 Å². The lowest BCUT2D eigenvalue weighted by Gasteiger charge is -2.19. The van der Waals surface area contributed by atoms with Gasteiger partial charge in [0.05, 0.1) is 1.37 Å². The minimum Gasteiger partial charge on any atom is -0.456 e. The molecular formula is C26H30NO+. The number of hydrogen-bond acceptors (Lipinski definition) is 1. The normalized spacial score (nSPS) is 16.9. The molecule has 0 N–H and O–H groups in total. The highest BCUT2D eigenvalue weighted by Gasteiger charge is 2.21. The predicted octanol–water partition coefficient (Wildman–Crippen LogP) is 6.59. The molecule has 0 atom stereocenters. The molecule has 0 saturated carbocycles. The summed E-state index contributed by atoms with van der Waals surface area (Å²) in [6, 6.07) is 9.35. The Morgan fingerprint density at radius 1 is 1.14 bits per heavy atom. The lowest BCUT2D eigenvalue weighted by Crippen LogP contribution is -2.32. The second-order valence-electron chi connectivity index (χ2n) is 8.48. The molecule has 2 aromatic heterocycles. The number of benzene rings is 2. The number of pyridine rings is 1. The fourth-order valence-corrected chi connectivity index (χ4v) is 3.66. The van der Waals surface area contributed by atoms with E-state index in [4.69, 9.17) is 14.0 Å². The Balaban J connectivity index is 2.16. The standard InChI is InChI=1S/C26H30NO/c1-16-8-9-21-24(12-16)28-23-11-10-20(18(3)25(21)23)22-13-19(14-26(4,5)6)17(2)15-27(22)7/h8-13,15H,14H2,1-7H3/q+1/i2D3,13D,14D2,15D. The van der Waals surface area contributed by atoms with Gasteiger partial charge in [0.15, 0.2) is 6.17 Å². The van der Waals surface area contributed by atoms with Crippen molar-refractivity contribution < 1.29 is 18.6 Å². The van der Waals surface area contributed by atoms with Crippen molar-refractivity contribution in [2.45, 2.75) is 47.8 Å². The minimum atomic E-state index is -2.76. The molecule has 28 heavy (non-hydrogen) atoms. The van der Waals surface area contributed by atoms with E-state index in [-0.39, 0.29) is 17.8 Å². The molecule has 2 heteroatoms. The molecule has 0 bridgehead atoms. The molecule has 0 aliphatic rings. The van der Waals surface area contributed by atoms with Crippen molar-refractivity contribution in [1.82, 2.24) is 0 Å². The summed E-state index contributed by atoms with van der Waals surface area (Å²) in [6.45, 7) is 6.15. The van der Waals surface area contributed by atoms with Gasteiger partial charge in [-0.2, -0.15) is 0 Å². The molecule has 0 spiro atoms. The first kappa shape index (κ1) is 12.1. The van der Waals surface area contributed by atoms with Crippen LogP contribution in [-0.2, 0) is 13.4 Å². The summed E-state index contributed by atoms with van der Waals surface area (Å²) in [5.74, 6) is 0. The van der Waals surface area contributed by atoms with E-state index in [1.165, 1.54) is 4.57 Å². The van der Waals surface area contributed by atoms with Crippen molar-refractivity contribution in [2.24, 2.45) is 12.5 Å². The van der Waals surface area contributed by atoms with Crippen molar-refractivity contribution in [3.05, 3.63) is 64.8 Å². The third-order valence-corrected chi connectivity index (χ3v) is 4.92. The Hall–Kier alpha value is -2.61. The van der Waals surface area contributed by atoms with Crippen LogP contribution in [0.1, 0.15) is 52.6 Å². The van der Waals surface area contributed by atoms with Crippen molar-refractivity contribution >= 4 is 21.9 Å². The highest BCUT2D eigenvalue weighted by atomic mass is 16.3. The molecule has 4 rings (SSSR count). The number of aromatic nitrogens is 1. The van der Waals surface area contributed by atoms with Gasteiger partial charge in [0, 0.05) is 34.8 Å². The smallest absolute Gasteiger partial charge is 0.212 e. The molecule has 4 aromatic rings. The molecule has 0 saturated heterocycles. The highest BCUT2D eigenvalue weighted by Crippen LogP contribution is 2.36. The van der Waals surface area contributed by atoms with Gasteiger partial charge in [-0.1, -0.05) is 32.9 Å². The lowest BCUT2D eigenvalue weighted by molar-refractivity contribution is -0.660. The number of aryl methyl sites for hydroxylation is 2. The van der Waals surface area contributed by atoms with Gasteiger partial charge in [-0.25, -0.2) is 4.57 Å². The van der Waals surface area contributed by atoms with Gasteiger partial charge in [0.25, 0.3) is 0 Å². The lowest BCUT2D eigenvalue weighted by atomic mass is 9.86. The molecule has 2 heterocycles. The molecular weight excluding hydrogens is 342 g/mol. The largest absolute Gasteiger partial charge is 0.456 e. The zero-order valence-electron chi connectivity index (χ0n) is 24.2. The summed E-state index contributed by atoms with van der Waals surface area (Å²) in [4.78, 5) is 0. The zero-order chi connectivity index (χ0) is 26.2. The van der Waals surface area contributed by atoms with Crippen LogP contribution < -0.4 is 4.57 Å². The molecule has 0 radical (unpaired) electrons. The fraction of sp³-hybridized carbons (Fsp3) is 0.346. The van der Waals surface area contributed by atoms with Gasteiger partial charge in [-0.05, 0) is 67.4 Å². The van der Waals surface area contributed by atoms with Crippen molar-refractivity contribution in [1.29, 1.82) is 0 Å². The van der Waals surface area contributed by atoms with Crippen molar-refractivity contribution in [3.8, 4) is 11.3 Å². The van der Waals surface area contributed by atoms with E-state index in [9.17, 15) is 0 Å². The topological polar surface area (TPSA) is 17.0 Å². The highest BCUT2D eigenvalue weighted by molar-refractivity contribution is 6.08. The molecule has 0 amide bonds. The number of hydrogen-bond donors (Lipinski definition) is 0. The Morgan fingerprint density at radius 2 is 1.93 bits per heavy atom. The molecule has 0 aliphatic carbocycles. The van der Waals surface area contributed by atoms with Crippen LogP contribution in [0.25, 0.3) is 33.2 Å². The molecule has 0 unspecified atom stereocenters. The molecule has 2 aromatic carbocycles. The average Bonchev–Trinajstić information content (AvgIpc) is 3.08. The quantitative estimate of drug-likeness (QED) is 0.359. The van der Waals surface area contributed by atoms with E-state index >= 15 is 0 Å². The van der Waals surface area contributed by atoms with E-state index in [2.05, 4.69) is 0 Å². The third-order valence-electron chi connectivity index (χ3n) is 4.92. The average molecular weight is 380 g/mol. The number of rotatable bonds is 2. The van der Waals surface area contributed by atoms with Crippen molar-refractivity contribution in [2.75, 3.05) is 0 Å². The summed E-state index contributed by atoms with van der Waals surface area (Å²) in [7, 11) is 1.56. The van der Waals surface area contributed by atoms with E-state index < -0.39 is 24.2 Å². The predicted molar refractivity (Wildman–Crippen MR) is 118 cm³/mol. The van der Waals surface area contributed by atoms with Gasteiger partial charge in [0.1, 0.15) is 19.6 Å². The molecule has 2 nitrogen and oxygen atoms in total. The van der Waals surface area contributed by atoms with Gasteiger partial charge in [-0.3, -0.25) is 0 Å². The zero-order valence-corrected chi connectivity index (χ0v) is 17.2. The van der Waals surface area contributed by atoms with Crippen molar-refractivity contribution in [3.63, 3.8) is 0 Å². The first-order valence-electron chi connectivity index (χ1n) is 13.0. The van der Waals surface area contributed by atoms with Crippen LogP contribution in [0.2, 0.25) is 0 Å². The maximum atomic E-state index is 9.12. The Labute approximate surface area is 177 Å². The SMILES string of the molecule is [2H]c1c(C([2H])([2H])C(C)(C)C)c(C([2H])([2H])[2H])c([2H])[n+](C)c1-c1ccc2oc3cc(C)ccc3c2c1C. The maximum absolute atomic E-state index is 9.12. The van der Waals surface area contributed by atoms with Crippen LogP contribution in [0, 0.1) is 26.1 Å². The van der Waals surface area contributed by atoms with Crippen LogP contribution in [0.15, 0.2) is 47.0 Å². The Morgan fingerprint density at radius 3 is 2.64 bits per heavy atom. The summed E-state index contributed by atoms with van der Waals surface area (Å²) in [5.41, 5.74) is 2.57. The number of furan rings is 1. The van der Waals surface area contributed by atoms with Crippen LogP contribution in [0.5, 0.6) is 0 Å². The fourth-order valence-electron chi connectivity index (χ4n) is 3.66. The minimum absolute atomic E-state index is 0.222. The van der Waals surface area contributed by atoms with Crippen LogP contribution in [0.3, 0.4) is 0 Å². The summed E-state index contributed by atoms with van der Waals surface area (Å²) in [5, 5.41) is 1.80. The summed E-state index contributed by atoms with van der Waals surface area (Å²) in [6.07, 6.45) is -2.50. The summed E-state index contributed by atoms with van der Waals surface area (Å²) < 4.78 is 67.3. The molecule has 0 fully saturated rings. The first-order valence-corrected chi connectivity index (χ1v) is 9.45. The van der Waals surface area contributed by atoms with E-state index in [0.717, 1.165) is 27.5 Å². The summed E-state index contributed by atoms with van der Waals surface area (Å²) >= 11 is 0. The van der Waals surface area contributed by atoms with Gasteiger partial charge in [0.2, 0.25) is 5.69 Å². The van der Waals surface area contributed by atoms with Crippen LogP contribution >= 0.6 is 0 Å². The van der Waals surface area contributed by atoms with Gasteiger partial charge in [-0.15, -0.1) is 0 Å². The molecule has 0 aliphatic heterocycles. The van der Waals surface area contributed by atoms with Gasteiger partial charge < -0.3 is 4.42 Å².